The van der Waals surface area contributed by atoms with Gasteiger partial charge in [0.2, 0.25) is 5.91 Å². The highest BCUT2D eigenvalue weighted by molar-refractivity contribution is 9.10. The number of hydrogen-bond acceptors (Lipinski definition) is 4. The van der Waals surface area contributed by atoms with E-state index in [1.807, 2.05) is 72.8 Å². The van der Waals surface area contributed by atoms with Crippen molar-refractivity contribution in [3.05, 3.63) is 111 Å². The molecule has 1 fully saturated rings. The predicted molar refractivity (Wildman–Crippen MR) is 139 cm³/mol. The highest BCUT2D eigenvalue weighted by Gasteiger charge is 2.40. The Morgan fingerprint density at radius 1 is 0.971 bits per heavy atom. The Morgan fingerprint density at radius 3 is 2.21 bits per heavy atom. The first kappa shape index (κ1) is 23.8. The van der Waals surface area contributed by atoms with Gasteiger partial charge in [-0.1, -0.05) is 88.4 Å². The topological polar surface area (TPSA) is 73.2 Å². The van der Waals surface area contributed by atoms with E-state index in [4.69, 9.17) is 0 Å². The van der Waals surface area contributed by atoms with E-state index < -0.39 is 11.2 Å². The molecule has 0 aromatic heterocycles. The Morgan fingerprint density at radius 2 is 1.59 bits per heavy atom. The molecule has 34 heavy (non-hydrogen) atoms. The van der Waals surface area contributed by atoms with E-state index in [1.54, 1.807) is 12.1 Å². The van der Waals surface area contributed by atoms with Crippen LogP contribution in [0.2, 0.25) is 0 Å². The summed E-state index contributed by atoms with van der Waals surface area (Å²) in [6.45, 7) is 0.394. The van der Waals surface area contributed by atoms with Gasteiger partial charge in [-0.15, -0.1) is 0 Å². The molecule has 1 saturated heterocycles. The number of benzene rings is 3. The summed E-state index contributed by atoms with van der Waals surface area (Å²) < 4.78 is 0.876. The first-order chi connectivity index (χ1) is 16.6. The number of hydrogen-bond donors (Lipinski definition) is 1. The second-order valence-corrected chi connectivity index (χ2v) is 9.84. The van der Waals surface area contributed by atoms with Gasteiger partial charge in [0.05, 0.1) is 5.25 Å². The van der Waals surface area contributed by atoms with E-state index in [0.717, 1.165) is 15.6 Å². The second-order valence-electron chi connectivity index (χ2n) is 7.73. The number of carbonyl (C=O) groups is 2. The molecule has 1 N–H and O–H groups in total. The van der Waals surface area contributed by atoms with E-state index in [0.29, 0.717) is 30.1 Å². The number of nitrogens with zero attached hydrogens (tertiary/aromatic N) is 2. The number of halogens is 1. The van der Waals surface area contributed by atoms with Gasteiger partial charge in [-0.05, 0) is 48.2 Å². The van der Waals surface area contributed by atoms with Gasteiger partial charge in [0.25, 0.3) is 5.91 Å². The fraction of sp³-hybridized carbons (Fsp3) is 0.148. The molecule has 3 aromatic carbocycles. The summed E-state index contributed by atoms with van der Waals surface area (Å²) in [6.07, 6.45) is 1.16. The highest BCUT2D eigenvalue weighted by Crippen LogP contribution is 2.42. The summed E-state index contributed by atoms with van der Waals surface area (Å²) in [5, 5.41) is 12.7. The molecule has 1 aliphatic heterocycles. The van der Waals surface area contributed by atoms with Crippen LogP contribution in [0.3, 0.4) is 0 Å². The third-order valence-electron chi connectivity index (χ3n) is 5.40. The summed E-state index contributed by atoms with van der Waals surface area (Å²) in [4.78, 5) is 28.0. The first-order valence-corrected chi connectivity index (χ1v) is 12.5. The van der Waals surface area contributed by atoms with Gasteiger partial charge in [0.1, 0.15) is 16.7 Å². The minimum absolute atomic E-state index is 0.0510. The summed E-state index contributed by atoms with van der Waals surface area (Å²) in [6, 6.07) is 28.9. The summed E-state index contributed by atoms with van der Waals surface area (Å²) in [5.41, 5.74) is 2.69. The van der Waals surface area contributed by atoms with Crippen LogP contribution in [0.15, 0.2) is 100 Å². The van der Waals surface area contributed by atoms with E-state index in [9.17, 15) is 14.9 Å². The van der Waals surface area contributed by atoms with Crippen LogP contribution in [0.1, 0.15) is 11.1 Å². The number of nitrogens with one attached hydrogen (secondary N) is 1. The van der Waals surface area contributed by atoms with Crippen LogP contribution < -0.4 is 10.2 Å². The number of nitriles is 1. The van der Waals surface area contributed by atoms with Crippen molar-refractivity contribution < 1.29 is 9.59 Å². The fourth-order valence-corrected chi connectivity index (χ4v) is 5.27. The molecular formula is C27H22BrN3O2S. The summed E-state index contributed by atoms with van der Waals surface area (Å²) in [7, 11) is 0. The van der Waals surface area contributed by atoms with Crippen molar-refractivity contribution in [3.63, 3.8) is 0 Å². The molecule has 7 heteroatoms. The minimum Gasteiger partial charge on any atom is -0.351 e. The summed E-state index contributed by atoms with van der Waals surface area (Å²) in [5.74, 6) is -0.618. The van der Waals surface area contributed by atoms with Crippen molar-refractivity contribution in [3.8, 4) is 6.07 Å². The zero-order valence-electron chi connectivity index (χ0n) is 18.3. The van der Waals surface area contributed by atoms with Crippen LogP contribution >= 0.6 is 27.7 Å². The molecule has 1 aliphatic rings. The maximum atomic E-state index is 13.5. The van der Waals surface area contributed by atoms with Gasteiger partial charge in [-0.2, -0.15) is 5.26 Å². The maximum absolute atomic E-state index is 13.5. The Kier molecular flexibility index (Phi) is 7.84. The molecule has 3 aromatic rings. The lowest BCUT2D eigenvalue weighted by Gasteiger charge is -2.19. The Bertz CT molecular complexity index is 1240. The van der Waals surface area contributed by atoms with Gasteiger partial charge < -0.3 is 5.32 Å². The van der Waals surface area contributed by atoms with Crippen molar-refractivity contribution in [2.45, 2.75) is 18.1 Å². The molecule has 0 radical (unpaired) electrons. The van der Waals surface area contributed by atoms with Crippen LogP contribution in [-0.4, -0.2) is 23.6 Å². The molecule has 5 nitrogen and oxygen atoms in total. The third kappa shape index (κ3) is 5.58. The quantitative estimate of drug-likeness (QED) is 0.334. The Balaban J connectivity index is 1.61. The molecule has 0 saturated carbocycles. The van der Waals surface area contributed by atoms with Gasteiger partial charge in [-0.3, -0.25) is 14.5 Å². The smallest absolute Gasteiger partial charge is 0.264 e. The zero-order valence-corrected chi connectivity index (χ0v) is 20.7. The van der Waals surface area contributed by atoms with Gasteiger partial charge in [-0.25, -0.2) is 0 Å². The molecular weight excluding hydrogens is 510 g/mol. The summed E-state index contributed by atoms with van der Waals surface area (Å²) >= 11 is 4.69. The van der Waals surface area contributed by atoms with Crippen LogP contribution in [0, 0.1) is 11.3 Å². The number of anilines is 1. The lowest BCUT2D eigenvalue weighted by molar-refractivity contribution is -0.117. The van der Waals surface area contributed by atoms with Crippen molar-refractivity contribution in [1.29, 1.82) is 5.26 Å². The van der Waals surface area contributed by atoms with Gasteiger partial charge >= 0.3 is 0 Å². The SMILES string of the molecule is N#C/C(C(=O)NCCc1ccccc1)=C1/S[C@@H](Cc2ccccc2)C(=O)N1c1ccc(Br)cc1. The average molecular weight is 532 g/mol. The normalized spacial score (nSPS) is 16.8. The first-order valence-electron chi connectivity index (χ1n) is 10.8. The van der Waals surface area contributed by atoms with Crippen LogP contribution in [0.5, 0.6) is 0 Å². The largest absolute Gasteiger partial charge is 0.351 e. The zero-order chi connectivity index (χ0) is 23.9. The number of rotatable bonds is 7. The molecule has 1 atom stereocenters. The number of amides is 2. The molecule has 4 rings (SSSR count). The molecule has 170 valence electrons. The Labute approximate surface area is 211 Å². The van der Waals surface area contributed by atoms with Gasteiger partial charge in [0.15, 0.2) is 0 Å². The predicted octanol–water partition coefficient (Wildman–Crippen LogP) is 5.23. The van der Waals surface area contributed by atoms with Crippen molar-refractivity contribution in [2.24, 2.45) is 0 Å². The van der Waals surface area contributed by atoms with Crippen LogP contribution in [0.4, 0.5) is 5.69 Å². The Hall–Kier alpha value is -3.34. The van der Waals surface area contributed by atoms with E-state index in [-0.39, 0.29) is 11.5 Å². The van der Waals surface area contributed by atoms with Crippen molar-refractivity contribution >= 4 is 45.2 Å². The van der Waals surface area contributed by atoms with Crippen LogP contribution in [0.25, 0.3) is 0 Å². The molecule has 0 aliphatic carbocycles. The van der Waals surface area contributed by atoms with Crippen LogP contribution in [-0.2, 0) is 22.4 Å². The molecule has 0 spiro atoms. The lowest BCUT2D eigenvalue weighted by atomic mass is 10.1. The number of carbonyl (C=O) groups excluding carboxylic acids is 2. The maximum Gasteiger partial charge on any atom is 0.264 e. The fourth-order valence-electron chi connectivity index (χ4n) is 3.69. The van der Waals surface area contributed by atoms with E-state index in [2.05, 4.69) is 27.3 Å². The van der Waals surface area contributed by atoms with E-state index in [1.165, 1.54) is 16.7 Å². The molecule has 0 bridgehead atoms. The number of thioether (sulfide) groups is 1. The van der Waals surface area contributed by atoms with Crippen molar-refractivity contribution in [2.75, 3.05) is 11.4 Å². The minimum atomic E-state index is -0.476. The highest BCUT2D eigenvalue weighted by atomic mass is 79.9. The monoisotopic (exact) mass is 531 g/mol. The molecule has 0 unspecified atom stereocenters. The second kappa shape index (κ2) is 11.2. The average Bonchev–Trinajstić information content (AvgIpc) is 3.17. The molecule has 2 amide bonds. The molecule has 1 heterocycles. The van der Waals surface area contributed by atoms with E-state index >= 15 is 0 Å². The standard InChI is InChI=1S/C27H22BrN3O2S/c28-21-11-13-22(14-12-21)31-26(33)24(17-20-9-5-2-6-10-20)34-27(31)23(18-29)25(32)30-16-15-19-7-3-1-4-8-19/h1-14,24H,15-17H2,(H,30,32)/b27-23-/t24-/m0/s1. The van der Waals surface area contributed by atoms with Crippen molar-refractivity contribution in [1.82, 2.24) is 5.32 Å². The van der Waals surface area contributed by atoms with Gasteiger partial charge in [0, 0.05) is 16.7 Å². The third-order valence-corrected chi connectivity index (χ3v) is 7.19. The lowest BCUT2D eigenvalue weighted by Crippen LogP contribution is -2.32.